The Labute approximate surface area is 87.9 Å². The first kappa shape index (κ1) is 11.6. The van der Waals surface area contributed by atoms with Gasteiger partial charge in [-0.15, -0.1) is 0 Å². The van der Waals surface area contributed by atoms with Crippen molar-refractivity contribution in [3.8, 4) is 0 Å². The number of halogens is 1. The van der Waals surface area contributed by atoms with Crippen molar-refractivity contribution in [2.45, 2.75) is 13.3 Å². The van der Waals surface area contributed by atoms with Crippen molar-refractivity contribution in [2.75, 3.05) is 18.4 Å². The lowest BCUT2D eigenvalue weighted by molar-refractivity contribution is -0.115. The number of pyridine rings is 1. The van der Waals surface area contributed by atoms with E-state index in [4.69, 9.17) is 0 Å². The van der Waals surface area contributed by atoms with E-state index >= 15 is 0 Å². The third kappa shape index (κ3) is 4.51. The first-order chi connectivity index (χ1) is 7.22. The number of carbonyl (C=O) groups is 1. The first-order valence-electron chi connectivity index (χ1n) is 4.84. The van der Waals surface area contributed by atoms with Crippen LogP contribution in [0.15, 0.2) is 18.3 Å². The monoisotopic (exact) mass is 211 g/mol. The molecule has 0 unspecified atom stereocenters. The van der Waals surface area contributed by atoms with Crippen molar-refractivity contribution in [3.05, 3.63) is 24.1 Å². The molecule has 0 aliphatic heterocycles. The summed E-state index contributed by atoms with van der Waals surface area (Å²) in [6.45, 7) is 3.06. The normalized spacial score (nSPS) is 10.0. The van der Waals surface area contributed by atoms with Gasteiger partial charge in [0, 0.05) is 0 Å². The Morgan fingerprint density at radius 3 is 2.93 bits per heavy atom. The van der Waals surface area contributed by atoms with Gasteiger partial charge in [-0.3, -0.25) is 4.79 Å². The number of anilines is 1. The average molecular weight is 211 g/mol. The quantitative estimate of drug-likeness (QED) is 0.718. The summed E-state index contributed by atoms with van der Waals surface area (Å²) in [4.78, 5) is 15.0. The zero-order valence-corrected chi connectivity index (χ0v) is 8.59. The number of amides is 1. The predicted octanol–water partition coefficient (Wildman–Crippen LogP) is 1.16. The van der Waals surface area contributed by atoms with E-state index < -0.39 is 5.82 Å². The lowest BCUT2D eigenvalue weighted by Crippen LogP contribution is -2.28. The zero-order chi connectivity index (χ0) is 11.1. The molecule has 0 radical (unpaired) electrons. The van der Waals surface area contributed by atoms with Crippen molar-refractivity contribution < 1.29 is 9.18 Å². The highest BCUT2D eigenvalue weighted by molar-refractivity contribution is 5.91. The molecule has 0 bridgehead atoms. The van der Waals surface area contributed by atoms with Crippen LogP contribution in [0.3, 0.4) is 0 Å². The molecule has 0 aliphatic rings. The Kier molecular flexibility index (Phi) is 4.70. The SMILES string of the molecule is CCCNCC(=O)Nc1ccc(F)cn1. The van der Waals surface area contributed by atoms with Gasteiger partial charge in [-0.25, -0.2) is 9.37 Å². The van der Waals surface area contributed by atoms with Gasteiger partial charge < -0.3 is 10.6 Å². The minimum atomic E-state index is -0.419. The van der Waals surface area contributed by atoms with Gasteiger partial charge in [0.2, 0.25) is 5.91 Å². The van der Waals surface area contributed by atoms with Gasteiger partial charge in [0.1, 0.15) is 11.6 Å². The second-order valence-corrected chi connectivity index (χ2v) is 3.09. The zero-order valence-electron chi connectivity index (χ0n) is 8.59. The molecule has 0 aliphatic carbocycles. The van der Waals surface area contributed by atoms with E-state index in [1.165, 1.54) is 12.1 Å². The molecular formula is C10H14FN3O. The van der Waals surface area contributed by atoms with Crippen LogP contribution in [0.5, 0.6) is 0 Å². The third-order valence-electron chi connectivity index (χ3n) is 1.71. The molecular weight excluding hydrogens is 197 g/mol. The number of carbonyl (C=O) groups excluding carboxylic acids is 1. The second kappa shape index (κ2) is 6.08. The van der Waals surface area contributed by atoms with Crippen molar-refractivity contribution in [1.29, 1.82) is 0 Å². The Morgan fingerprint density at radius 2 is 2.33 bits per heavy atom. The summed E-state index contributed by atoms with van der Waals surface area (Å²) in [6, 6.07) is 2.68. The van der Waals surface area contributed by atoms with Crippen molar-refractivity contribution >= 4 is 11.7 Å². The van der Waals surface area contributed by atoms with Crippen LogP contribution >= 0.6 is 0 Å². The highest BCUT2D eigenvalue weighted by Gasteiger charge is 2.01. The number of hydrogen-bond donors (Lipinski definition) is 2. The summed E-state index contributed by atoms with van der Waals surface area (Å²) < 4.78 is 12.5. The fraction of sp³-hybridized carbons (Fsp3) is 0.400. The van der Waals surface area contributed by atoms with Crippen LogP contribution < -0.4 is 10.6 Å². The highest BCUT2D eigenvalue weighted by Crippen LogP contribution is 2.02. The summed E-state index contributed by atoms with van der Waals surface area (Å²) >= 11 is 0. The summed E-state index contributed by atoms with van der Waals surface area (Å²) in [5.41, 5.74) is 0. The topological polar surface area (TPSA) is 54.0 Å². The standard InChI is InChI=1S/C10H14FN3O/c1-2-5-12-7-10(15)14-9-4-3-8(11)6-13-9/h3-4,6,12H,2,5,7H2,1H3,(H,13,14,15). The predicted molar refractivity (Wildman–Crippen MR) is 56.0 cm³/mol. The van der Waals surface area contributed by atoms with Crippen LogP contribution in [0.4, 0.5) is 10.2 Å². The average Bonchev–Trinajstić information content (AvgIpc) is 2.22. The maximum absolute atomic E-state index is 12.5. The highest BCUT2D eigenvalue weighted by atomic mass is 19.1. The van der Waals surface area contributed by atoms with Crippen LogP contribution in [0.2, 0.25) is 0 Å². The summed E-state index contributed by atoms with van der Waals surface area (Å²) in [6.07, 6.45) is 2.04. The number of hydrogen-bond acceptors (Lipinski definition) is 3. The molecule has 0 spiro atoms. The summed E-state index contributed by atoms with van der Waals surface area (Å²) in [5, 5.41) is 5.50. The van der Waals surface area contributed by atoms with Crippen molar-refractivity contribution in [1.82, 2.24) is 10.3 Å². The van der Waals surface area contributed by atoms with Gasteiger partial charge in [0.15, 0.2) is 0 Å². The van der Waals surface area contributed by atoms with E-state index in [0.717, 1.165) is 19.2 Å². The van der Waals surface area contributed by atoms with E-state index in [1.807, 2.05) is 6.92 Å². The van der Waals surface area contributed by atoms with Crippen LogP contribution in [0.25, 0.3) is 0 Å². The minimum Gasteiger partial charge on any atom is -0.310 e. The molecule has 2 N–H and O–H groups in total. The fourth-order valence-corrected chi connectivity index (χ4v) is 1.02. The van der Waals surface area contributed by atoms with Gasteiger partial charge in [0.05, 0.1) is 12.7 Å². The van der Waals surface area contributed by atoms with Gasteiger partial charge in [-0.2, -0.15) is 0 Å². The number of nitrogens with one attached hydrogen (secondary N) is 2. The van der Waals surface area contributed by atoms with E-state index in [2.05, 4.69) is 15.6 Å². The molecule has 0 saturated carbocycles. The van der Waals surface area contributed by atoms with Gasteiger partial charge in [-0.05, 0) is 25.1 Å². The first-order valence-corrected chi connectivity index (χ1v) is 4.84. The lowest BCUT2D eigenvalue weighted by Gasteiger charge is -2.04. The van der Waals surface area contributed by atoms with E-state index in [9.17, 15) is 9.18 Å². The van der Waals surface area contributed by atoms with Crippen LogP contribution in [-0.2, 0) is 4.79 Å². The van der Waals surface area contributed by atoms with E-state index in [-0.39, 0.29) is 12.5 Å². The van der Waals surface area contributed by atoms with Crippen molar-refractivity contribution in [3.63, 3.8) is 0 Å². The van der Waals surface area contributed by atoms with Crippen LogP contribution in [0, 0.1) is 5.82 Å². The maximum Gasteiger partial charge on any atom is 0.239 e. The molecule has 15 heavy (non-hydrogen) atoms. The molecule has 0 fully saturated rings. The molecule has 5 heteroatoms. The third-order valence-corrected chi connectivity index (χ3v) is 1.71. The number of nitrogens with zero attached hydrogens (tertiary/aromatic N) is 1. The Morgan fingerprint density at radius 1 is 1.53 bits per heavy atom. The van der Waals surface area contributed by atoms with Gasteiger partial charge in [-0.1, -0.05) is 6.92 Å². The van der Waals surface area contributed by atoms with Crippen LogP contribution in [-0.4, -0.2) is 24.0 Å². The molecule has 1 aromatic rings. The number of aromatic nitrogens is 1. The maximum atomic E-state index is 12.5. The summed E-state index contributed by atoms with van der Waals surface area (Å²) in [5.74, 6) is -0.237. The lowest BCUT2D eigenvalue weighted by atomic mass is 10.4. The molecule has 0 saturated heterocycles. The second-order valence-electron chi connectivity index (χ2n) is 3.09. The number of rotatable bonds is 5. The molecule has 1 aromatic heterocycles. The molecule has 0 aromatic carbocycles. The van der Waals surface area contributed by atoms with Gasteiger partial charge >= 0.3 is 0 Å². The summed E-state index contributed by atoms with van der Waals surface area (Å²) in [7, 11) is 0. The van der Waals surface area contributed by atoms with Crippen LogP contribution in [0.1, 0.15) is 13.3 Å². The molecule has 4 nitrogen and oxygen atoms in total. The molecule has 1 heterocycles. The Hall–Kier alpha value is -1.49. The Balaban J connectivity index is 2.34. The van der Waals surface area contributed by atoms with Crippen molar-refractivity contribution in [2.24, 2.45) is 0 Å². The molecule has 82 valence electrons. The van der Waals surface area contributed by atoms with E-state index in [1.54, 1.807) is 0 Å². The minimum absolute atomic E-state index is 0.178. The molecule has 0 atom stereocenters. The Bertz CT molecular complexity index is 313. The van der Waals surface area contributed by atoms with Gasteiger partial charge in [0.25, 0.3) is 0 Å². The largest absolute Gasteiger partial charge is 0.310 e. The smallest absolute Gasteiger partial charge is 0.239 e. The van der Waals surface area contributed by atoms with E-state index in [0.29, 0.717) is 5.82 Å². The molecule has 1 rings (SSSR count). The molecule has 1 amide bonds. The fourth-order valence-electron chi connectivity index (χ4n) is 1.02.